The molecule has 1 unspecified atom stereocenters. The Morgan fingerprint density at radius 3 is 2.67 bits per heavy atom. The number of likely N-dealkylation sites (N-methyl/N-ethyl adjacent to an activating group) is 1. The molecule has 104 valence electrons. The van der Waals surface area contributed by atoms with Gasteiger partial charge < -0.3 is 10.2 Å². The Kier molecular flexibility index (Phi) is 4.22. The van der Waals surface area contributed by atoms with Gasteiger partial charge in [0.25, 0.3) is 0 Å². The van der Waals surface area contributed by atoms with E-state index in [1.54, 1.807) is 0 Å². The number of hydrogen-bond donors (Lipinski definition) is 1. The van der Waals surface area contributed by atoms with Gasteiger partial charge in [-0.25, -0.2) is 0 Å². The second-order valence-corrected chi connectivity index (χ2v) is 6.50. The van der Waals surface area contributed by atoms with Gasteiger partial charge in [-0.05, 0) is 57.7 Å². The van der Waals surface area contributed by atoms with E-state index in [0.29, 0.717) is 0 Å². The van der Waals surface area contributed by atoms with Crippen LogP contribution >= 0.6 is 0 Å². The van der Waals surface area contributed by atoms with E-state index in [4.69, 9.17) is 0 Å². The van der Waals surface area contributed by atoms with E-state index in [9.17, 15) is 0 Å². The number of nitrogens with zero attached hydrogens (tertiary/aromatic N) is 2. The third kappa shape index (κ3) is 3.69. The molecule has 0 spiro atoms. The van der Waals surface area contributed by atoms with Gasteiger partial charge in [-0.3, -0.25) is 4.90 Å². The molecule has 1 saturated heterocycles. The van der Waals surface area contributed by atoms with E-state index >= 15 is 0 Å². The van der Waals surface area contributed by atoms with Gasteiger partial charge in [0.1, 0.15) is 0 Å². The van der Waals surface area contributed by atoms with Crippen LogP contribution in [0.4, 0.5) is 0 Å². The standard InChI is InChI=1S/C15H29N3/c1-2-18(15-5-6-15)10-9-17-8-7-13(12-17)11-16-14-3-4-14/h13-16H,2-12H2,1H3. The molecule has 18 heavy (non-hydrogen) atoms. The molecule has 3 nitrogen and oxygen atoms in total. The van der Waals surface area contributed by atoms with Crippen molar-refractivity contribution in [2.45, 2.75) is 51.1 Å². The van der Waals surface area contributed by atoms with Crippen LogP contribution in [0.2, 0.25) is 0 Å². The Labute approximate surface area is 112 Å². The molecule has 1 N–H and O–H groups in total. The van der Waals surface area contributed by atoms with Crippen molar-refractivity contribution in [3.8, 4) is 0 Å². The second-order valence-electron chi connectivity index (χ2n) is 6.50. The fraction of sp³-hybridized carbons (Fsp3) is 1.00. The lowest BCUT2D eigenvalue weighted by Crippen LogP contribution is -2.36. The molecule has 2 aliphatic carbocycles. The van der Waals surface area contributed by atoms with Gasteiger partial charge >= 0.3 is 0 Å². The third-order valence-electron chi connectivity index (χ3n) is 4.82. The van der Waals surface area contributed by atoms with Crippen LogP contribution in [0, 0.1) is 5.92 Å². The fourth-order valence-corrected chi connectivity index (χ4v) is 3.21. The van der Waals surface area contributed by atoms with Gasteiger partial charge in [-0.1, -0.05) is 6.92 Å². The quantitative estimate of drug-likeness (QED) is 0.706. The summed E-state index contributed by atoms with van der Waals surface area (Å²) in [4.78, 5) is 5.36. The molecule has 0 radical (unpaired) electrons. The van der Waals surface area contributed by atoms with E-state index in [1.807, 2.05) is 0 Å². The first-order chi connectivity index (χ1) is 8.85. The number of nitrogens with one attached hydrogen (secondary N) is 1. The van der Waals surface area contributed by atoms with Crippen molar-refractivity contribution in [3.63, 3.8) is 0 Å². The zero-order valence-electron chi connectivity index (χ0n) is 11.9. The summed E-state index contributed by atoms with van der Waals surface area (Å²) in [5.74, 6) is 0.918. The highest BCUT2D eigenvalue weighted by atomic mass is 15.2. The Balaban J connectivity index is 1.31. The van der Waals surface area contributed by atoms with Crippen molar-refractivity contribution in [3.05, 3.63) is 0 Å². The topological polar surface area (TPSA) is 18.5 Å². The molecule has 1 aliphatic heterocycles. The highest BCUT2D eigenvalue weighted by molar-refractivity contribution is 4.86. The average molecular weight is 251 g/mol. The van der Waals surface area contributed by atoms with Gasteiger partial charge in [0, 0.05) is 31.7 Å². The van der Waals surface area contributed by atoms with E-state index in [0.717, 1.165) is 18.0 Å². The first-order valence-corrected chi connectivity index (χ1v) is 8.05. The third-order valence-corrected chi connectivity index (χ3v) is 4.82. The summed E-state index contributed by atoms with van der Waals surface area (Å²) in [6.07, 6.45) is 7.14. The van der Waals surface area contributed by atoms with Crippen molar-refractivity contribution in [2.24, 2.45) is 5.92 Å². The molecule has 3 fully saturated rings. The number of hydrogen-bond acceptors (Lipinski definition) is 3. The van der Waals surface area contributed by atoms with Gasteiger partial charge in [0.15, 0.2) is 0 Å². The second kappa shape index (κ2) is 5.89. The molecule has 0 amide bonds. The summed E-state index contributed by atoms with van der Waals surface area (Å²) in [6, 6.07) is 1.81. The lowest BCUT2D eigenvalue weighted by molar-refractivity contribution is 0.222. The lowest BCUT2D eigenvalue weighted by Gasteiger charge is -2.24. The van der Waals surface area contributed by atoms with Crippen LogP contribution in [-0.2, 0) is 0 Å². The van der Waals surface area contributed by atoms with Crippen LogP contribution in [-0.4, -0.2) is 61.2 Å². The highest BCUT2D eigenvalue weighted by Crippen LogP contribution is 2.26. The minimum Gasteiger partial charge on any atom is -0.314 e. The molecule has 0 bridgehead atoms. The van der Waals surface area contributed by atoms with Crippen molar-refractivity contribution >= 4 is 0 Å². The van der Waals surface area contributed by atoms with E-state index in [1.165, 1.54) is 71.4 Å². The van der Waals surface area contributed by atoms with Crippen molar-refractivity contribution < 1.29 is 0 Å². The van der Waals surface area contributed by atoms with Crippen molar-refractivity contribution in [1.29, 1.82) is 0 Å². The average Bonchev–Trinajstić information content (AvgIpc) is 3.28. The maximum atomic E-state index is 3.69. The molecular weight excluding hydrogens is 222 g/mol. The predicted molar refractivity (Wildman–Crippen MR) is 75.8 cm³/mol. The highest BCUT2D eigenvalue weighted by Gasteiger charge is 2.29. The van der Waals surface area contributed by atoms with Gasteiger partial charge in [0.05, 0.1) is 0 Å². The van der Waals surface area contributed by atoms with Crippen molar-refractivity contribution in [1.82, 2.24) is 15.1 Å². The predicted octanol–water partition coefficient (Wildman–Crippen LogP) is 1.54. The van der Waals surface area contributed by atoms with Crippen LogP contribution < -0.4 is 5.32 Å². The normalized spacial score (nSPS) is 29.3. The molecule has 1 heterocycles. The maximum absolute atomic E-state index is 3.69. The van der Waals surface area contributed by atoms with Crippen molar-refractivity contribution in [2.75, 3.05) is 39.3 Å². The minimum absolute atomic E-state index is 0.879. The minimum atomic E-state index is 0.879. The summed E-state index contributed by atoms with van der Waals surface area (Å²) in [6.45, 7) is 10.1. The molecule has 2 saturated carbocycles. The number of likely N-dealkylation sites (tertiary alicyclic amines) is 1. The van der Waals surface area contributed by atoms with Gasteiger partial charge in [0.2, 0.25) is 0 Å². The maximum Gasteiger partial charge on any atom is 0.0112 e. The zero-order valence-corrected chi connectivity index (χ0v) is 11.9. The molecule has 1 atom stereocenters. The first kappa shape index (κ1) is 12.9. The van der Waals surface area contributed by atoms with E-state index < -0.39 is 0 Å². The Hall–Kier alpha value is -0.120. The monoisotopic (exact) mass is 251 g/mol. The summed E-state index contributed by atoms with van der Waals surface area (Å²) in [5.41, 5.74) is 0. The molecular formula is C15H29N3. The lowest BCUT2D eigenvalue weighted by atomic mass is 10.1. The first-order valence-electron chi connectivity index (χ1n) is 8.05. The smallest absolute Gasteiger partial charge is 0.0112 e. The molecule has 0 aromatic carbocycles. The van der Waals surface area contributed by atoms with E-state index in [2.05, 4.69) is 22.0 Å². The van der Waals surface area contributed by atoms with Gasteiger partial charge in [-0.15, -0.1) is 0 Å². The number of rotatable bonds is 8. The van der Waals surface area contributed by atoms with Gasteiger partial charge in [-0.2, -0.15) is 0 Å². The fourth-order valence-electron chi connectivity index (χ4n) is 3.21. The largest absolute Gasteiger partial charge is 0.314 e. The van der Waals surface area contributed by atoms with Crippen LogP contribution in [0.1, 0.15) is 39.0 Å². The van der Waals surface area contributed by atoms with Crippen LogP contribution in [0.5, 0.6) is 0 Å². The summed E-state index contributed by atoms with van der Waals surface area (Å²) >= 11 is 0. The SMILES string of the molecule is CCN(CCN1CCC(CNC2CC2)C1)C1CC1. The van der Waals surface area contributed by atoms with Crippen LogP contribution in [0.3, 0.4) is 0 Å². The zero-order chi connectivity index (χ0) is 12.4. The molecule has 3 rings (SSSR count). The molecule has 0 aromatic heterocycles. The van der Waals surface area contributed by atoms with E-state index in [-0.39, 0.29) is 0 Å². The van der Waals surface area contributed by atoms with Crippen LogP contribution in [0.15, 0.2) is 0 Å². The summed E-state index contributed by atoms with van der Waals surface area (Å²) < 4.78 is 0. The molecule has 3 aliphatic rings. The molecule has 3 heteroatoms. The Morgan fingerprint density at radius 1 is 1.17 bits per heavy atom. The summed E-state index contributed by atoms with van der Waals surface area (Å²) in [5, 5.41) is 3.69. The Bertz CT molecular complexity index is 260. The molecule has 0 aromatic rings. The van der Waals surface area contributed by atoms with Crippen LogP contribution in [0.25, 0.3) is 0 Å². The summed E-state index contributed by atoms with van der Waals surface area (Å²) in [7, 11) is 0. The Morgan fingerprint density at radius 2 is 2.00 bits per heavy atom.